The zero-order valence-corrected chi connectivity index (χ0v) is 19.4. The van der Waals surface area contributed by atoms with E-state index in [1.165, 1.54) is 12.1 Å². The number of sulfone groups is 1. The second-order valence-corrected chi connectivity index (χ2v) is 9.92. The molecule has 168 valence electrons. The number of aryl methyl sites for hydroxylation is 1. The molecule has 0 spiro atoms. The number of rotatable bonds is 6. The SMILES string of the molecule is Cc1ccccc1-c1c(C)c(C(=O)Nc2ccc(S(C)(=O)=O)cc2)cn1Cc1cnccn1. The molecular formula is C25H24N4O3S. The maximum atomic E-state index is 13.2. The number of carbonyl (C=O) groups is 1. The first kappa shape index (κ1) is 22.4. The van der Waals surface area contributed by atoms with Gasteiger partial charge in [-0.2, -0.15) is 0 Å². The molecule has 1 N–H and O–H groups in total. The van der Waals surface area contributed by atoms with Crippen LogP contribution in [0.2, 0.25) is 0 Å². The zero-order valence-electron chi connectivity index (χ0n) is 18.6. The van der Waals surface area contributed by atoms with E-state index in [1.54, 1.807) is 30.7 Å². The van der Waals surface area contributed by atoms with Crippen molar-refractivity contribution in [1.82, 2.24) is 14.5 Å². The van der Waals surface area contributed by atoms with Gasteiger partial charge in [-0.05, 0) is 49.2 Å². The Morgan fingerprint density at radius 1 is 1.03 bits per heavy atom. The number of nitrogens with one attached hydrogen (secondary N) is 1. The van der Waals surface area contributed by atoms with Crippen molar-refractivity contribution in [2.75, 3.05) is 11.6 Å². The Labute approximate surface area is 193 Å². The maximum absolute atomic E-state index is 13.2. The number of nitrogens with zero attached hydrogens (tertiary/aromatic N) is 3. The fraction of sp³-hybridized carbons (Fsp3) is 0.160. The van der Waals surface area contributed by atoms with E-state index in [4.69, 9.17) is 0 Å². The van der Waals surface area contributed by atoms with Crippen molar-refractivity contribution in [2.24, 2.45) is 0 Å². The van der Waals surface area contributed by atoms with E-state index in [0.29, 0.717) is 17.8 Å². The Balaban J connectivity index is 1.72. The van der Waals surface area contributed by atoms with Gasteiger partial charge in [-0.1, -0.05) is 24.3 Å². The van der Waals surface area contributed by atoms with Crippen LogP contribution in [0, 0.1) is 13.8 Å². The number of amides is 1. The van der Waals surface area contributed by atoms with Crippen LogP contribution in [-0.4, -0.2) is 35.1 Å². The van der Waals surface area contributed by atoms with Crippen molar-refractivity contribution >= 4 is 21.4 Å². The molecule has 0 bridgehead atoms. The minimum atomic E-state index is -3.30. The summed E-state index contributed by atoms with van der Waals surface area (Å²) in [7, 11) is -3.30. The number of carbonyl (C=O) groups excluding carboxylic acids is 1. The lowest BCUT2D eigenvalue weighted by atomic mass is 10.0. The quantitative estimate of drug-likeness (QED) is 0.464. The molecule has 7 nitrogen and oxygen atoms in total. The standard InChI is InChI=1S/C25H24N4O3S/c1-17-6-4-5-7-22(17)24-18(2)23(16-29(24)15-20-14-26-12-13-27-20)25(30)28-19-8-10-21(11-9-19)33(3,31)32/h4-14,16H,15H2,1-3H3,(H,28,30). The molecule has 0 aliphatic carbocycles. The lowest BCUT2D eigenvalue weighted by molar-refractivity contribution is 0.102. The molecule has 0 radical (unpaired) electrons. The summed E-state index contributed by atoms with van der Waals surface area (Å²) in [6.45, 7) is 4.43. The Morgan fingerprint density at radius 3 is 2.39 bits per heavy atom. The predicted octanol–water partition coefficient (Wildman–Crippen LogP) is 4.27. The highest BCUT2D eigenvalue weighted by atomic mass is 32.2. The molecule has 0 unspecified atom stereocenters. The molecule has 8 heteroatoms. The third-order valence-electron chi connectivity index (χ3n) is 5.47. The van der Waals surface area contributed by atoms with Crippen LogP contribution in [0.4, 0.5) is 5.69 Å². The van der Waals surface area contributed by atoms with Crippen LogP contribution >= 0.6 is 0 Å². The van der Waals surface area contributed by atoms with Crippen molar-refractivity contribution in [3.63, 3.8) is 0 Å². The van der Waals surface area contributed by atoms with Crippen LogP contribution in [0.1, 0.15) is 27.2 Å². The van der Waals surface area contributed by atoms with E-state index in [-0.39, 0.29) is 10.8 Å². The highest BCUT2D eigenvalue weighted by Crippen LogP contribution is 2.31. The van der Waals surface area contributed by atoms with Crippen molar-refractivity contribution < 1.29 is 13.2 Å². The van der Waals surface area contributed by atoms with Gasteiger partial charge in [0, 0.05) is 36.1 Å². The molecule has 0 atom stereocenters. The number of hydrogen-bond acceptors (Lipinski definition) is 5. The molecule has 0 fully saturated rings. The lowest BCUT2D eigenvalue weighted by Gasteiger charge is -2.12. The van der Waals surface area contributed by atoms with Crippen LogP contribution in [-0.2, 0) is 16.4 Å². The molecule has 2 aromatic heterocycles. The zero-order chi connectivity index (χ0) is 23.6. The van der Waals surface area contributed by atoms with Gasteiger partial charge < -0.3 is 9.88 Å². The number of hydrogen-bond donors (Lipinski definition) is 1. The molecule has 4 aromatic rings. The third kappa shape index (κ3) is 4.85. The second kappa shape index (κ2) is 8.99. The Kier molecular flexibility index (Phi) is 6.11. The molecular weight excluding hydrogens is 436 g/mol. The molecule has 0 saturated heterocycles. The monoisotopic (exact) mass is 460 g/mol. The first-order valence-corrected chi connectivity index (χ1v) is 12.3. The van der Waals surface area contributed by atoms with Gasteiger partial charge in [-0.25, -0.2) is 8.42 Å². The molecule has 2 heterocycles. The van der Waals surface area contributed by atoms with Crippen LogP contribution in [0.3, 0.4) is 0 Å². The minimum absolute atomic E-state index is 0.202. The molecule has 33 heavy (non-hydrogen) atoms. The summed E-state index contributed by atoms with van der Waals surface area (Å²) < 4.78 is 25.4. The summed E-state index contributed by atoms with van der Waals surface area (Å²) in [4.78, 5) is 21.9. The van der Waals surface area contributed by atoms with E-state index < -0.39 is 9.84 Å². The molecule has 0 aliphatic heterocycles. The topological polar surface area (TPSA) is 94.0 Å². The summed E-state index contributed by atoms with van der Waals surface area (Å²) in [6, 6.07) is 14.2. The van der Waals surface area contributed by atoms with E-state index in [9.17, 15) is 13.2 Å². The summed E-state index contributed by atoms with van der Waals surface area (Å²) in [5.41, 5.74) is 5.76. The first-order valence-electron chi connectivity index (χ1n) is 10.4. The number of anilines is 1. The van der Waals surface area contributed by atoms with Gasteiger partial charge in [0.1, 0.15) is 0 Å². The third-order valence-corrected chi connectivity index (χ3v) is 6.59. The second-order valence-electron chi connectivity index (χ2n) is 7.91. The van der Waals surface area contributed by atoms with Crippen molar-refractivity contribution in [3.8, 4) is 11.3 Å². The van der Waals surface area contributed by atoms with Crippen LogP contribution in [0.15, 0.2) is 78.2 Å². The summed E-state index contributed by atoms with van der Waals surface area (Å²) >= 11 is 0. The van der Waals surface area contributed by atoms with Gasteiger partial charge in [0.05, 0.1) is 34.6 Å². The summed E-state index contributed by atoms with van der Waals surface area (Å²) in [6.07, 6.45) is 7.95. The molecule has 0 saturated carbocycles. The molecule has 4 rings (SSSR count). The van der Waals surface area contributed by atoms with Crippen LogP contribution in [0.25, 0.3) is 11.3 Å². The van der Waals surface area contributed by atoms with Crippen molar-refractivity contribution in [1.29, 1.82) is 0 Å². The average Bonchev–Trinajstić information content (AvgIpc) is 3.10. The summed E-state index contributed by atoms with van der Waals surface area (Å²) in [5.74, 6) is -0.271. The van der Waals surface area contributed by atoms with E-state index in [1.807, 2.05) is 48.9 Å². The predicted molar refractivity (Wildman–Crippen MR) is 128 cm³/mol. The Bertz CT molecular complexity index is 1410. The highest BCUT2D eigenvalue weighted by molar-refractivity contribution is 7.90. The van der Waals surface area contributed by atoms with Gasteiger partial charge in [-0.3, -0.25) is 14.8 Å². The maximum Gasteiger partial charge on any atom is 0.257 e. The smallest absolute Gasteiger partial charge is 0.257 e. The van der Waals surface area contributed by atoms with E-state index in [0.717, 1.165) is 34.3 Å². The van der Waals surface area contributed by atoms with Crippen molar-refractivity contribution in [3.05, 3.63) is 95.7 Å². The molecule has 0 aliphatic rings. The van der Waals surface area contributed by atoms with Crippen molar-refractivity contribution in [2.45, 2.75) is 25.3 Å². The number of aromatic nitrogens is 3. The average molecular weight is 461 g/mol. The molecule has 2 aromatic carbocycles. The lowest BCUT2D eigenvalue weighted by Crippen LogP contribution is -2.12. The minimum Gasteiger partial charge on any atom is -0.340 e. The first-order chi connectivity index (χ1) is 15.7. The van der Waals surface area contributed by atoms with Gasteiger partial charge in [0.25, 0.3) is 5.91 Å². The normalized spacial score (nSPS) is 11.4. The van der Waals surface area contributed by atoms with Gasteiger partial charge >= 0.3 is 0 Å². The highest BCUT2D eigenvalue weighted by Gasteiger charge is 2.21. The fourth-order valence-electron chi connectivity index (χ4n) is 3.78. The Morgan fingerprint density at radius 2 is 1.76 bits per heavy atom. The van der Waals surface area contributed by atoms with E-state index in [2.05, 4.69) is 15.3 Å². The van der Waals surface area contributed by atoms with Gasteiger partial charge in [-0.15, -0.1) is 0 Å². The number of benzene rings is 2. The van der Waals surface area contributed by atoms with Gasteiger partial charge in [0.15, 0.2) is 9.84 Å². The van der Waals surface area contributed by atoms with E-state index >= 15 is 0 Å². The Hall–Kier alpha value is -3.78. The van der Waals surface area contributed by atoms with Crippen LogP contribution < -0.4 is 5.32 Å². The molecule has 1 amide bonds. The largest absolute Gasteiger partial charge is 0.340 e. The van der Waals surface area contributed by atoms with Gasteiger partial charge in [0.2, 0.25) is 0 Å². The van der Waals surface area contributed by atoms with Crippen LogP contribution in [0.5, 0.6) is 0 Å². The summed E-state index contributed by atoms with van der Waals surface area (Å²) in [5, 5.41) is 2.87. The fourth-order valence-corrected chi connectivity index (χ4v) is 4.41.